The summed E-state index contributed by atoms with van der Waals surface area (Å²) in [7, 11) is -4.42. The number of hydrogen-bond donors (Lipinski definition) is 2. The highest BCUT2D eigenvalue weighted by atomic mass is 31.2. The second-order valence-electron chi connectivity index (χ2n) is 24.8. The molecule has 0 amide bonds. The zero-order valence-electron chi connectivity index (χ0n) is 62.4. The summed E-state index contributed by atoms with van der Waals surface area (Å²) in [5.74, 6) is -0.853. The van der Waals surface area contributed by atoms with Crippen LogP contribution in [-0.4, -0.2) is 49.3 Å². The molecule has 0 aliphatic heterocycles. The Bertz CT molecular complexity index is 2490. The van der Waals surface area contributed by atoms with Crippen molar-refractivity contribution in [3.05, 3.63) is 231 Å². The molecule has 2 unspecified atom stereocenters. The SMILES string of the molecule is CC/C=C\C/C=C\C/C=C\C/C=C\C/C=C\C/C=C\C/C=C\C/C=C\C/C=C\C/C=C\CCCCCCCCCCC(=O)OC(COC(=O)CCCCCCCCCCCCC/C=C\C/C=C\C/C=C\C/C=C\C/C=C\C/C=C\C/C=C\C/C=C\C/C=C\CC)COP(=O)(O)OCCN. The number of unbranched alkanes of at least 4 members (excludes halogenated alkanes) is 19. The van der Waals surface area contributed by atoms with Crippen LogP contribution in [0, 0.1) is 0 Å². The Labute approximate surface area is 606 Å². The van der Waals surface area contributed by atoms with Gasteiger partial charge in [0.25, 0.3) is 0 Å². The first-order valence-electron chi connectivity index (χ1n) is 38.9. The summed E-state index contributed by atoms with van der Waals surface area (Å²) in [5, 5.41) is 0. The Morgan fingerprint density at radius 1 is 0.303 bits per heavy atom. The van der Waals surface area contributed by atoms with Gasteiger partial charge in [-0.3, -0.25) is 18.6 Å². The van der Waals surface area contributed by atoms with Gasteiger partial charge in [0, 0.05) is 19.4 Å². The molecule has 2 atom stereocenters. The molecule has 99 heavy (non-hydrogen) atoms. The molecule has 0 radical (unpaired) electrons. The van der Waals surface area contributed by atoms with Crippen molar-refractivity contribution in [3.63, 3.8) is 0 Å². The van der Waals surface area contributed by atoms with E-state index in [0.29, 0.717) is 6.42 Å². The highest BCUT2D eigenvalue weighted by molar-refractivity contribution is 7.47. The van der Waals surface area contributed by atoms with Crippen LogP contribution >= 0.6 is 7.82 Å². The number of nitrogens with two attached hydrogens (primary N) is 1. The normalized spacial score (nSPS) is 14.2. The van der Waals surface area contributed by atoms with Gasteiger partial charge in [-0.25, -0.2) is 4.57 Å². The molecule has 3 N–H and O–H groups in total. The standard InChI is InChI=1S/C89H140NO8P/c1-3-5-7-9-11-13-15-17-19-21-23-25-27-29-31-33-35-37-39-41-43-45-47-49-51-53-55-57-59-61-63-65-67-69-71-73-75-77-79-81-88(91)95-85-87(86-97-99(93,94)96-84-83-90)98-89(92)82-80-78-76-74-72-70-68-66-64-62-60-58-56-54-52-50-48-46-44-42-40-38-36-34-32-30-28-26-24-22-20-18-16-14-12-10-8-6-4-2/h5-8,11-14,17-20,23-26,29-32,35-38,41-44,47-50,53-56,60,62,87H,3-4,9-10,15-16,21-22,27-28,33-34,39-40,45-46,51-52,57-59,61,63-86,90H2,1-2H3,(H,93,94)/b7-5-,8-6-,13-11-,14-12-,19-17-,20-18-,25-23-,26-24-,31-29-,32-30-,37-35-,38-36-,43-41-,44-42-,49-47-,50-48-,55-53-,56-54-,62-60-. The Morgan fingerprint density at radius 3 is 0.778 bits per heavy atom. The number of esters is 2. The molecule has 10 heteroatoms. The van der Waals surface area contributed by atoms with Crippen LogP contribution < -0.4 is 5.73 Å². The van der Waals surface area contributed by atoms with E-state index in [1.807, 2.05) is 0 Å². The highest BCUT2D eigenvalue weighted by Crippen LogP contribution is 2.43. The monoisotopic (exact) mass is 1380 g/mol. The molecule has 0 rings (SSSR count). The Kier molecular flexibility index (Phi) is 76.2. The van der Waals surface area contributed by atoms with Crippen LogP contribution in [0.2, 0.25) is 0 Å². The molecule has 0 saturated carbocycles. The number of phosphoric acid groups is 1. The van der Waals surface area contributed by atoms with E-state index in [0.717, 1.165) is 180 Å². The van der Waals surface area contributed by atoms with Crippen LogP contribution in [0.4, 0.5) is 0 Å². The summed E-state index contributed by atoms with van der Waals surface area (Å²) in [4.78, 5) is 35.5. The van der Waals surface area contributed by atoms with Crippen LogP contribution in [0.25, 0.3) is 0 Å². The number of phosphoric ester groups is 1. The van der Waals surface area contributed by atoms with Crippen molar-refractivity contribution in [1.29, 1.82) is 0 Å². The van der Waals surface area contributed by atoms with Crippen LogP contribution in [0.3, 0.4) is 0 Å². The van der Waals surface area contributed by atoms with Crippen molar-refractivity contribution in [1.82, 2.24) is 0 Å². The summed E-state index contributed by atoms with van der Waals surface area (Å²) in [6, 6.07) is 0. The molecule has 554 valence electrons. The van der Waals surface area contributed by atoms with E-state index in [9.17, 15) is 19.0 Å². The smallest absolute Gasteiger partial charge is 0.462 e. The molecule has 0 aliphatic carbocycles. The fourth-order valence-electron chi connectivity index (χ4n) is 9.89. The predicted octanol–water partition coefficient (Wildman–Crippen LogP) is 26.5. The van der Waals surface area contributed by atoms with Crippen molar-refractivity contribution >= 4 is 19.8 Å². The molecule has 9 nitrogen and oxygen atoms in total. The molecular formula is C89H140NO8P. The average molecular weight is 1380 g/mol. The van der Waals surface area contributed by atoms with Crippen LogP contribution in [0.15, 0.2) is 231 Å². The number of allylic oxidation sites excluding steroid dienone is 38. The van der Waals surface area contributed by atoms with Gasteiger partial charge in [-0.05, 0) is 161 Å². The van der Waals surface area contributed by atoms with Gasteiger partial charge >= 0.3 is 19.8 Å². The second-order valence-corrected chi connectivity index (χ2v) is 26.2. The lowest BCUT2D eigenvalue weighted by atomic mass is 10.0. The Hall–Kier alpha value is -5.93. The number of rotatable bonds is 70. The third-order valence-electron chi connectivity index (χ3n) is 15.5. The van der Waals surface area contributed by atoms with E-state index in [1.54, 1.807) is 0 Å². The highest BCUT2D eigenvalue weighted by Gasteiger charge is 2.26. The molecule has 0 aromatic carbocycles. The summed E-state index contributed by atoms with van der Waals surface area (Å²) < 4.78 is 33.2. The molecule has 0 heterocycles. The quantitative estimate of drug-likeness (QED) is 0.0264. The zero-order chi connectivity index (χ0) is 71.5. The minimum atomic E-state index is -4.42. The average Bonchev–Trinajstić information content (AvgIpc) is 1.35. The molecular weight excluding hydrogens is 1240 g/mol. The maximum atomic E-state index is 12.8. The van der Waals surface area contributed by atoms with Crippen LogP contribution in [0.5, 0.6) is 0 Å². The fourth-order valence-corrected chi connectivity index (χ4v) is 10.7. The lowest BCUT2D eigenvalue weighted by Gasteiger charge is -2.19. The van der Waals surface area contributed by atoms with Gasteiger partial charge in [0.2, 0.25) is 0 Å². The van der Waals surface area contributed by atoms with E-state index < -0.39 is 32.5 Å². The van der Waals surface area contributed by atoms with Crippen molar-refractivity contribution in [2.45, 2.75) is 290 Å². The van der Waals surface area contributed by atoms with Gasteiger partial charge in [0.1, 0.15) is 6.61 Å². The van der Waals surface area contributed by atoms with E-state index in [-0.39, 0.29) is 32.6 Å². The lowest BCUT2D eigenvalue weighted by Crippen LogP contribution is -2.29. The Balaban J connectivity index is 3.98. The van der Waals surface area contributed by atoms with Gasteiger partial charge in [0.05, 0.1) is 13.2 Å². The lowest BCUT2D eigenvalue weighted by molar-refractivity contribution is -0.161. The Morgan fingerprint density at radius 2 is 0.525 bits per heavy atom. The maximum absolute atomic E-state index is 12.8. The van der Waals surface area contributed by atoms with Crippen molar-refractivity contribution < 1.29 is 37.6 Å². The summed E-state index contributed by atoms with van der Waals surface area (Å²) >= 11 is 0. The van der Waals surface area contributed by atoms with Crippen molar-refractivity contribution in [3.8, 4) is 0 Å². The number of carbonyl (C=O) groups excluding carboxylic acids is 2. The molecule has 0 aromatic heterocycles. The van der Waals surface area contributed by atoms with Gasteiger partial charge in [-0.1, -0.05) is 341 Å². The van der Waals surface area contributed by atoms with E-state index in [1.165, 1.54) is 70.6 Å². The van der Waals surface area contributed by atoms with Crippen LogP contribution in [-0.2, 0) is 32.7 Å². The third kappa shape index (κ3) is 80.9. The zero-order valence-corrected chi connectivity index (χ0v) is 63.3. The number of hydrogen-bond acceptors (Lipinski definition) is 8. The van der Waals surface area contributed by atoms with Gasteiger partial charge in [0.15, 0.2) is 6.10 Å². The van der Waals surface area contributed by atoms with Gasteiger partial charge < -0.3 is 20.1 Å². The van der Waals surface area contributed by atoms with E-state index in [2.05, 4.69) is 245 Å². The van der Waals surface area contributed by atoms with Crippen LogP contribution in [0.1, 0.15) is 284 Å². The largest absolute Gasteiger partial charge is 0.472 e. The van der Waals surface area contributed by atoms with Gasteiger partial charge in [-0.15, -0.1) is 0 Å². The van der Waals surface area contributed by atoms with E-state index >= 15 is 0 Å². The number of ether oxygens (including phenoxy) is 2. The fraction of sp³-hybridized carbons (Fsp3) is 0.551. The molecule has 0 saturated heterocycles. The molecule has 0 spiro atoms. The summed E-state index contributed by atoms with van der Waals surface area (Å²) in [5.41, 5.74) is 5.41. The van der Waals surface area contributed by atoms with E-state index in [4.69, 9.17) is 24.3 Å². The topological polar surface area (TPSA) is 134 Å². The van der Waals surface area contributed by atoms with Crippen molar-refractivity contribution in [2.24, 2.45) is 5.73 Å². The summed E-state index contributed by atoms with van der Waals surface area (Å²) in [6.45, 7) is 3.49. The molecule has 0 bridgehead atoms. The van der Waals surface area contributed by atoms with Crippen molar-refractivity contribution in [2.75, 3.05) is 26.4 Å². The molecule has 0 aromatic rings. The molecule has 0 aliphatic rings. The minimum absolute atomic E-state index is 0.0405. The predicted molar refractivity (Wildman–Crippen MR) is 431 cm³/mol. The maximum Gasteiger partial charge on any atom is 0.472 e. The minimum Gasteiger partial charge on any atom is -0.462 e. The molecule has 0 fully saturated rings. The van der Waals surface area contributed by atoms with Gasteiger partial charge in [-0.2, -0.15) is 0 Å². The first kappa shape index (κ1) is 93.1. The first-order chi connectivity index (χ1) is 48.8. The second kappa shape index (κ2) is 81.0. The number of carbonyl (C=O) groups is 2. The first-order valence-corrected chi connectivity index (χ1v) is 40.4. The third-order valence-corrected chi connectivity index (χ3v) is 16.5. The summed E-state index contributed by atoms with van der Waals surface area (Å²) in [6.07, 6.45) is 127.